The van der Waals surface area contributed by atoms with Crippen LogP contribution in [0.1, 0.15) is 71.1 Å². The van der Waals surface area contributed by atoms with Gasteiger partial charge in [-0.15, -0.1) is 0 Å². The van der Waals surface area contributed by atoms with Gasteiger partial charge in [0.2, 0.25) is 0 Å². The highest BCUT2D eigenvalue weighted by atomic mass is 32.2. The molecule has 0 spiro atoms. The molecule has 0 bridgehead atoms. The zero-order valence-electron chi connectivity index (χ0n) is 16.3. The lowest BCUT2D eigenvalue weighted by molar-refractivity contribution is -0.155. The monoisotopic (exact) mass is 410 g/mol. The van der Waals surface area contributed by atoms with E-state index in [9.17, 15) is 21.6 Å². The molecule has 2 fully saturated rings. The molecular weight excluding hydrogens is 376 g/mol. The number of aliphatic carboxylic acids is 1. The van der Waals surface area contributed by atoms with Crippen LogP contribution in [0.2, 0.25) is 0 Å². The van der Waals surface area contributed by atoms with Gasteiger partial charge < -0.3 is 5.11 Å². The molecule has 154 valence electrons. The highest BCUT2D eigenvalue weighted by molar-refractivity contribution is 7.90. The first-order valence-electron chi connectivity index (χ1n) is 9.36. The Morgan fingerprint density at radius 2 is 1.27 bits per heavy atom. The molecule has 8 heteroatoms. The Morgan fingerprint density at radius 3 is 1.54 bits per heavy atom. The maximum Gasteiger partial charge on any atom is 0.309 e. The van der Waals surface area contributed by atoms with Gasteiger partial charge in [-0.05, 0) is 56.8 Å². The van der Waals surface area contributed by atoms with Crippen molar-refractivity contribution in [2.24, 2.45) is 10.8 Å². The van der Waals surface area contributed by atoms with Crippen LogP contribution in [0.15, 0.2) is 0 Å². The Bertz CT molecular complexity index is 670. The maximum absolute atomic E-state index is 10.9. The van der Waals surface area contributed by atoms with Crippen molar-refractivity contribution >= 4 is 25.6 Å². The molecule has 2 rings (SSSR count). The molecule has 2 aliphatic carbocycles. The van der Waals surface area contributed by atoms with E-state index in [1.54, 1.807) is 0 Å². The van der Waals surface area contributed by atoms with Crippen molar-refractivity contribution < 1.29 is 26.7 Å². The molecule has 0 atom stereocenters. The Hall–Kier alpha value is -0.630. The van der Waals surface area contributed by atoms with Crippen LogP contribution in [0, 0.1) is 10.8 Å². The summed E-state index contributed by atoms with van der Waals surface area (Å²) >= 11 is 0. The van der Waals surface area contributed by atoms with Crippen molar-refractivity contribution in [3.05, 3.63) is 0 Å². The summed E-state index contributed by atoms with van der Waals surface area (Å²) in [5, 5.41) is 8.96. The largest absolute Gasteiger partial charge is 0.481 e. The average Bonchev–Trinajstić information content (AvgIpc) is 2.37. The maximum atomic E-state index is 10.9. The molecule has 0 amide bonds. The van der Waals surface area contributed by atoms with Gasteiger partial charge in [-0.1, -0.05) is 19.8 Å². The van der Waals surface area contributed by atoms with Gasteiger partial charge in [-0.2, -0.15) is 0 Å². The third kappa shape index (κ3) is 8.37. The van der Waals surface area contributed by atoms with Gasteiger partial charge in [0.05, 0.1) is 5.41 Å². The van der Waals surface area contributed by atoms with Gasteiger partial charge in [0.15, 0.2) is 0 Å². The summed E-state index contributed by atoms with van der Waals surface area (Å²) in [5.74, 6) is -0.304. The number of rotatable bonds is 9. The molecule has 6 nitrogen and oxygen atoms in total. The summed E-state index contributed by atoms with van der Waals surface area (Å²) in [6.07, 6.45) is 11.6. The first-order chi connectivity index (χ1) is 11.8. The van der Waals surface area contributed by atoms with Crippen LogP contribution in [-0.4, -0.2) is 51.9 Å². The van der Waals surface area contributed by atoms with Crippen LogP contribution in [0.25, 0.3) is 0 Å². The van der Waals surface area contributed by atoms with Crippen LogP contribution in [0.3, 0.4) is 0 Å². The molecule has 0 unspecified atom stereocenters. The van der Waals surface area contributed by atoms with Crippen molar-refractivity contribution in [2.45, 2.75) is 71.1 Å². The summed E-state index contributed by atoms with van der Waals surface area (Å²) in [5.41, 5.74) is -0.130. The van der Waals surface area contributed by atoms with Gasteiger partial charge in [0, 0.05) is 24.0 Å². The van der Waals surface area contributed by atoms with Crippen LogP contribution in [0.5, 0.6) is 0 Å². The molecule has 2 saturated carbocycles. The fourth-order valence-corrected chi connectivity index (χ4v) is 4.98. The van der Waals surface area contributed by atoms with Gasteiger partial charge in [0.25, 0.3) is 0 Å². The van der Waals surface area contributed by atoms with Crippen LogP contribution >= 0.6 is 0 Å². The fraction of sp³-hybridized carbons (Fsp3) is 0.944. The molecule has 0 heterocycles. The lowest BCUT2D eigenvalue weighted by Gasteiger charge is -2.38. The van der Waals surface area contributed by atoms with E-state index in [1.807, 2.05) is 0 Å². The minimum absolute atomic E-state index is 0.0992. The zero-order chi connectivity index (χ0) is 20.1. The van der Waals surface area contributed by atoms with Crippen LogP contribution in [0.4, 0.5) is 0 Å². The van der Waals surface area contributed by atoms with Crippen LogP contribution in [-0.2, 0) is 24.5 Å². The zero-order valence-corrected chi connectivity index (χ0v) is 17.9. The Balaban J connectivity index is 0.000000263. The van der Waals surface area contributed by atoms with Crippen molar-refractivity contribution in [2.75, 3.05) is 24.0 Å². The van der Waals surface area contributed by atoms with E-state index in [0.29, 0.717) is 36.9 Å². The predicted molar refractivity (Wildman–Crippen MR) is 104 cm³/mol. The third-order valence-corrected chi connectivity index (χ3v) is 7.85. The predicted octanol–water partition coefficient (Wildman–Crippen LogP) is 3.07. The lowest BCUT2D eigenvalue weighted by atomic mass is 9.66. The number of carboxylic acid groups (broad SMARTS) is 1. The second-order valence-electron chi connectivity index (χ2n) is 8.57. The minimum Gasteiger partial charge on any atom is -0.481 e. The summed E-state index contributed by atoms with van der Waals surface area (Å²) in [6.45, 7) is 2.26. The fourth-order valence-electron chi connectivity index (χ4n) is 3.64. The molecule has 0 radical (unpaired) electrons. The Kier molecular flexibility index (Phi) is 8.14. The van der Waals surface area contributed by atoms with Crippen molar-refractivity contribution in [1.29, 1.82) is 0 Å². The Labute approximate surface area is 158 Å². The van der Waals surface area contributed by atoms with Gasteiger partial charge >= 0.3 is 5.97 Å². The summed E-state index contributed by atoms with van der Waals surface area (Å²) in [4.78, 5) is 10.9. The second kappa shape index (κ2) is 9.04. The van der Waals surface area contributed by atoms with E-state index in [0.717, 1.165) is 19.3 Å². The summed E-state index contributed by atoms with van der Waals surface area (Å²) in [6, 6.07) is 0. The number of carbonyl (C=O) groups is 1. The SMILES string of the molecule is CC1(CCCS(C)(=O)=O)CCC1.CS(=O)(=O)CCCC1(C(=O)O)CCC1. The van der Waals surface area contributed by atoms with E-state index in [4.69, 9.17) is 5.11 Å². The lowest BCUT2D eigenvalue weighted by Crippen LogP contribution is -2.38. The van der Waals surface area contributed by atoms with Crippen LogP contribution < -0.4 is 0 Å². The minimum atomic E-state index is -2.95. The summed E-state index contributed by atoms with van der Waals surface area (Å²) in [7, 11) is -5.68. The summed E-state index contributed by atoms with van der Waals surface area (Å²) < 4.78 is 43.3. The van der Waals surface area contributed by atoms with Crippen molar-refractivity contribution in [3.63, 3.8) is 0 Å². The highest BCUT2D eigenvalue weighted by Crippen LogP contribution is 2.45. The molecule has 0 aromatic heterocycles. The van der Waals surface area contributed by atoms with Crippen molar-refractivity contribution in [3.8, 4) is 0 Å². The number of hydrogen-bond donors (Lipinski definition) is 1. The number of sulfone groups is 2. The van der Waals surface area contributed by atoms with Gasteiger partial charge in [0.1, 0.15) is 19.7 Å². The molecule has 1 N–H and O–H groups in total. The molecular formula is C18H34O6S2. The van der Waals surface area contributed by atoms with Crippen molar-refractivity contribution in [1.82, 2.24) is 0 Å². The molecule has 0 aromatic carbocycles. The Morgan fingerprint density at radius 1 is 0.846 bits per heavy atom. The quantitative estimate of drug-likeness (QED) is 0.626. The molecule has 2 aliphatic rings. The van der Waals surface area contributed by atoms with E-state index >= 15 is 0 Å². The van der Waals surface area contributed by atoms with E-state index in [-0.39, 0.29) is 5.75 Å². The van der Waals surface area contributed by atoms with Gasteiger partial charge in [-0.3, -0.25) is 4.79 Å². The van der Waals surface area contributed by atoms with E-state index < -0.39 is 31.1 Å². The normalized spacial score (nSPS) is 20.9. The second-order valence-corrected chi connectivity index (χ2v) is 13.1. The first-order valence-corrected chi connectivity index (χ1v) is 13.5. The molecule has 0 aromatic rings. The third-order valence-electron chi connectivity index (χ3n) is 5.79. The standard InChI is InChI=1S/C9H16O4S.C9H18O2S/c1-14(12,13)7-3-6-9(8(10)11)4-2-5-9;1-9(5-3-6-9)7-4-8-12(2,10)11/h2-7H2,1H3,(H,10,11);3-8H2,1-2H3. The molecule has 0 aliphatic heterocycles. The molecule has 0 saturated heterocycles. The number of carboxylic acids is 1. The smallest absolute Gasteiger partial charge is 0.309 e. The highest BCUT2D eigenvalue weighted by Gasteiger charge is 2.43. The van der Waals surface area contributed by atoms with E-state index in [2.05, 4.69) is 6.92 Å². The number of hydrogen-bond acceptors (Lipinski definition) is 5. The van der Waals surface area contributed by atoms with E-state index in [1.165, 1.54) is 31.8 Å². The molecule has 26 heavy (non-hydrogen) atoms. The first kappa shape index (κ1) is 23.4. The topological polar surface area (TPSA) is 106 Å². The van der Waals surface area contributed by atoms with Gasteiger partial charge in [-0.25, -0.2) is 16.8 Å². The average molecular weight is 411 g/mol.